The number of nitrogens with zero attached hydrogens (tertiary/aromatic N) is 2. The van der Waals surface area contributed by atoms with Crippen LogP contribution in [0.15, 0.2) is 36.5 Å². The SMILES string of the molecule is CCc1cccc([N+](=O)[O-])c1Nc1ncccc1C(=O)O. The fourth-order valence-electron chi connectivity index (χ4n) is 1.97. The number of nitrogens with one attached hydrogen (secondary N) is 1. The molecular formula is C14H13N3O4. The Hall–Kier alpha value is -2.96. The maximum absolute atomic E-state index is 11.2. The van der Waals surface area contributed by atoms with Crippen molar-refractivity contribution in [2.75, 3.05) is 5.32 Å². The average Bonchev–Trinajstić information content (AvgIpc) is 2.47. The second-order valence-corrected chi connectivity index (χ2v) is 4.25. The van der Waals surface area contributed by atoms with E-state index in [4.69, 9.17) is 5.11 Å². The lowest BCUT2D eigenvalue weighted by Crippen LogP contribution is -2.07. The summed E-state index contributed by atoms with van der Waals surface area (Å²) in [4.78, 5) is 25.7. The topological polar surface area (TPSA) is 105 Å². The van der Waals surface area contributed by atoms with E-state index in [1.54, 1.807) is 12.1 Å². The minimum absolute atomic E-state index is 0.0438. The fraction of sp³-hybridized carbons (Fsp3) is 0.143. The van der Waals surface area contributed by atoms with Gasteiger partial charge in [0.2, 0.25) is 0 Å². The van der Waals surface area contributed by atoms with Gasteiger partial charge in [0.15, 0.2) is 0 Å². The lowest BCUT2D eigenvalue weighted by atomic mass is 10.1. The van der Waals surface area contributed by atoms with Gasteiger partial charge >= 0.3 is 5.97 Å². The van der Waals surface area contributed by atoms with Gasteiger partial charge in [0.1, 0.15) is 17.1 Å². The van der Waals surface area contributed by atoms with E-state index in [-0.39, 0.29) is 22.8 Å². The van der Waals surface area contributed by atoms with Gasteiger partial charge in [-0.2, -0.15) is 0 Å². The van der Waals surface area contributed by atoms with Gasteiger partial charge in [-0.25, -0.2) is 9.78 Å². The molecule has 2 rings (SSSR count). The Labute approximate surface area is 120 Å². The molecule has 0 atom stereocenters. The summed E-state index contributed by atoms with van der Waals surface area (Å²) in [6.07, 6.45) is 1.99. The van der Waals surface area contributed by atoms with Gasteiger partial charge in [-0.05, 0) is 24.1 Å². The van der Waals surface area contributed by atoms with E-state index in [1.165, 1.54) is 24.4 Å². The van der Waals surface area contributed by atoms with Crippen molar-refractivity contribution in [3.8, 4) is 0 Å². The molecule has 0 spiro atoms. The summed E-state index contributed by atoms with van der Waals surface area (Å²) in [6, 6.07) is 7.59. The molecule has 0 bridgehead atoms. The van der Waals surface area contributed by atoms with Crippen LogP contribution in [0.3, 0.4) is 0 Å². The highest BCUT2D eigenvalue weighted by atomic mass is 16.6. The van der Waals surface area contributed by atoms with Gasteiger partial charge in [0.05, 0.1) is 4.92 Å². The number of para-hydroxylation sites is 1. The molecule has 0 saturated carbocycles. The Morgan fingerprint density at radius 1 is 1.38 bits per heavy atom. The number of nitro groups is 1. The zero-order valence-corrected chi connectivity index (χ0v) is 11.2. The maximum Gasteiger partial charge on any atom is 0.339 e. The summed E-state index contributed by atoms with van der Waals surface area (Å²) >= 11 is 0. The van der Waals surface area contributed by atoms with E-state index in [0.29, 0.717) is 12.0 Å². The first kappa shape index (κ1) is 14.4. The van der Waals surface area contributed by atoms with Crippen LogP contribution in [0, 0.1) is 10.1 Å². The highest BCUT2D eigenvalue weighted by molar-refractivity contribution is 5.94. The highest BCUT2D eigenvalue weighted by Crippen LogP contribution is 2.31. The molecule has 7 heteroatoms. The number of benzene rings is 1. The first-order chi connectivity index (χ1) is 10.0. The zero-order chi connectivity index (χ0) is 15.4. The molecule has 0 amide bonds. The quantitative estimate of drug-likeness (QED) is 0.647. The molecule has 2 aromatic rings. The van der Waals surface area contributed by atoms with Crippen molar-refractivity contribution < 1.29 is 14.8 Å². The predicted octanol–water partition coefficient (Wildman–Crippen LogP) is 2.99. The third kappa shape index (κ3) is 2.97. The van der Waals surface area contributed by atoms with E-state index >= 15 is 0 Å². The molecule has 1 heterocycles. The Morgan fingerprint density at radius 2 is 2.14 bits per heavy atom. The van der Waals surface area contributed by atoms with Crippen LogP contribution in [0.2, 0.25) is 0 Å². The number of nitro benzene ring substituents is 1. The van der Waals surface area contributed by atoms with Crippen molar-refractivity contribution in [2.45, 2.75) is 13.3 Å². The normalized spacial score (nSPS) is 10.1. The molecule has 1 aromatic carbocycles. The minimum Gasteiger partial charge on any atom is -0.478 e. The number of carboxylic acids is 1. The molecule has 0 radical (unpaired) electrons. The maximum atomic E-state index is 11.2. The summed E-state index contributed by atoms with van der Waals surface area (Å²) in [5.41, 5.74) is 0.825. The van der Waals surface area contributed by atoms with Crippen molar-refractivity contribution in [3.63, 3.8) is 0 Å². The number of aryl methyl sites for hydroxylation is 1. The molecule has 0 aliphatic rings. The molecule has 0 unspecified atom stereocenters. The van der Waals surface area contributed by atoms with Gasteiger partial charge in [-0.3, -0.25) is 10.1 Å². The molecule has 108 valence electrons. The van der Waals surface area contributed by atoms with Crippen LogP contribution < -0.4 is 5.32 Å². The monoisotopic (exact) mass is 287 g/mol. The van der Waals surface area contributed by atoms with E-state index in [2.05, 4.69) is 10.3 Å². The van der Waals surface area contributed by atoms with E-state index < -0.39 is 10.9 Å². The Kier molecular flexibility index (Phi) is 4.13. The van der Waals surface area contributed by atoms with Crippen molar-refractivity contribution in [2.24, 2.45) is 0 Å². The number of pyridine rings is 1. The van der Waals surface area contributed by atoms with Crippen molar-refractivity contribution in [3.05, 3.63) is 57.8 Å². The molecule has 0 saturated heterocycles. The third-order valence-electron chi connectivity index (χ3n) is 2.99. The van der Waals surface area contributed by atoms with Crippen molar-refractivity contribution in [1.29, 1.82) is 0 Å². The number of carboxylic acid groups (broad SMARTS) is 1. The molecular weight excluding hydrogens is 274 g/mol. The summed E-state index contributed by atoms with van der Waals surface area (Å²) in [7, 11) is 0. The number of aromatic carboxylic acids is 1. The largest absolute Gasteiger partial charge is 0.478 e. The van der Waals surface area contributed by atoms with Crippen LogP contribution in [0.1, 0.15) is 22.8 Å². The lowest BCUT2D eigenvalue weighted by molar-refractivity contribution is -0.384. The third-order valence-corrected chi connectivity index (χ3v) is 2.99. The van der Waals surface area contributed by atoms with Gasteiger partial charge < -0.3 is 10.4 Å². The Balaban J connectivity index is 2.54. The summed E-state index contributed by atoms with van der Waals surface area (Å²) in [5.74, 6) is -1.07. The van der Waals surface area contributed by atoms with E-state index in [1.807, 2.05) is 6.92 Å². The molecule has 21 heavy (non-hydrogen) atoms. The summed E-state index contributed by atoms with van der Waals surface area (Å²) < 4.78 is 0. The van der Waals surface area contributed by atoms with Crippen LogP contribution in [0.5, 0.6) is 0 Å². The molecule has 0 aliphatic heterocycles. The summed E-state index contributed by atoms with van der Waals surface area (Å²) in [5, 5.41) is 23.1. The zero-order valence-electron chi connectivity index (χ0n) is 11.2. The first-order valence-electron chi connectivity index (χ1n) is 6.26. The molecule has 0 fully saturated rings. The van der Waals surface area contributed by atoms with Crippen LogP contribution in [0.25, 0.3) is 0 Å². The van der Waals surface area contributed by atoms with Gasteiger partial charge in [0.25, 0.3) is 5.69 Å². The number of hydrogen-bond donors (Lipinski definition) is 2. The second kappa shape index (κ2) is 6.00. The molecule has 7 nitrogen and oxygen atoms in total. The van der Waals surface area contributed by atoms with Crippen molar-refractivity contribution >= 4 is 23.2 Å². The lowest BCUT2D eigenvalue weighted by Gasteiger charge is -2.12. The summed E-state index contributed by atoms with van der Waals surface area (Å²) in [6.45, 7) is 1.86. The van der Waals surface area contributed by atoms with E-state index in [9.17, 15) is 14.9 Å². The van der Waals surface area contributed by atoms with Crippen LogP contribution in [-0.2, 0) is 6.42 Å². The second-order valence-electron chi connectivity index (χ2n) is 4.25. The predicted molar refractivity (Wildman–Crippen MR) is 77.0 cm³/mol. The van der Waals surface area contributed by atoms with Gasteiger partial charge in [-0.1, -0.05) is 19.1 Å². The molecule has 2 N–H and O–H groups in total. The smallest absolute Gasteiger partial charge is 0.339 e. The highest BCUT2D eigenvalue weighted by Gasteiger charge is 2.19. The van der Waals surface area contributed by atoms with Gasteiger partial charge in [-0.15, -0.1) is 0 Å². The van der Waals surface area contributed by atoms with E-state index in [0.717, 1.165) is 0 Å². The standard InChI is InChI=1S/C14H13N3O4/c1-2-9-5-3-7-11(17(20)21)12(9)16-13-10(14(18)19)6-4-8-15-13/h3-8H,2H2,1H3,(H,15,16)(H,18,19). The van der Waals surface area contributed by atoms with Crippen molar-refractivity contribution in [1.82, 2.24) is 4.98 Å². The Morgan fingerprint density at radius 3 is 2.76 bits per heavy atom. The number of rotatable bonds is 5. The Bertz CT molecular complexity index is 700. The van der Waals surface area contributed by atoms with Crippen LogP contribution in [0.4, 0.5) is 17.2 Å². The van der Waals surface area contributed by atoms with Crippen LogP contribution in [-0.4, -0.2) is 21.0 Å². The number of aromatic nitrogens is 1. The molecule has 0 aliphatic carbocycles. The van der Waals surface area contributed by atoms with Crippen LogP contribution >= 0.6 is 0 Å². The average molecular weight is 287 g/mol. The number of anilines is 2. The molecule has 1 aromatic heterocycles. The number of hydrogen-bond acceptors (Lipinski definition) is 5. The minimum atomic E-state index is -1.15. The first-order valence-corrected chi connectivity index (χ1v) is 6.26. The number of carbonyl (C=O) groups is 1. The fourth-order valence-corrected chi connectivity index (χ4v) is 1.97. The van der Waals surface area contributed by atoms with Gasteiger partial charge in [0, 0.05) is 12.3 Å².